The van der Waals surface area contributed by atoms with Gasteiger partial charge in [-0.25, -0.2) is 0 Å². The number of nitrogens with one attached hydrogen (secondary N) is 1. The maximum absolute atomic E-state index is 8.38. The van der Waals surface area contributed by atoms with E-state index in [1.165, 1.54) is 0 Å². The molecule has 1 aromatic rings. The van der Waals surface area contributed by atoms with Crippen LogP contribution in [0.25, 0.3) is 0 Å². The zero-order valence-corrected chi connectivity index (χ0v) is 7.49. The lowest BCUT2D eigenvalue weighted by molar-refractivity contribution is 1.27. The molecule has 0 heterocycles. The Hall–Kier alpha value is -1.82. The molecule has 0 saturated carbocycles. The number of hydrogen-bond donors (Lipinski definition) is 1. The molecule has 0 aliphatic rings. The van der Waals surface area contributed by atoms with Crippen molar-refractivity contribution in [3.8, 4) is 6.07 Å². The standard InChI is InChI=1S/C10H11N3/c1-9(7-8-11)12-13-10-5-3-2-4-6-10/h2-6,13H,7H2,1H3/b12-9-. The van der Waals surface area contributed by atoms with Gasteiger partial charge in [-0.15, -0.1) is 0 Å². The topological polar surface area (TPSA) is 48.2 Å². The van der Waals surface area contributed by atoms with E-state index in [0.717, 1.165) is 11.4 Å². The molecule has 0 radical (unpaired) electrons. The summed E-state index contributed by atoms with van der Waals surface area (Å²) in [4.78, 5) is 0. The van der Waals surface area contributed by atoms with Crippen LogP contribution in [-0.2, 0) is 0 Å². The molecule has 1 rings (SSSR count). The van der Waals surface area contributed by atoms with E-state index in [1.807, 2.05) is 43.3 Å². The summed E-state index contributed by atoms with van der Waals surface area (Å²) in [6.07, 6.45) is 0.361. The van der Waals surface area contributed by atoms with Crippen LogP contribution in [0, 0.1) is 11.3 Å². The molecule has 3 heteroatoms. The van der Waals surface area contributed by atoms with E-state index in [2.05, 4.69) is 10.5 Å². The highest BCUT2D eigenvalue weighted by Crippen LogP contribution is 2.04. The first-order valence-electron chi connectivity index (χ1n) is 4.04. The van der Waals surface area contributed by atoms with Crippen LogP contribution in [0.3, 0.4) is 0 Å². The Morgan fingerprint density at radius 3 is 2.77 bits per heavy atom. The fraction of sp³-hybridized carbons (Fsp3) is 0.200. The predicted octanol–water partition coefficient (Wildman–Crippen LogP) is 2.39. The van der Waals surface area contributed by atoms with Crippen molar-refractivity contribution in [2.24, 2.45) is 5.10 Å². The van der Waals surface area contributed by atoms with Crippen LogP contribution in [0.15, 0.2) is 35.4 Å². The quantitative estimate of drug-likeness (QED) is 0.563. The Labute approximate surface area is 77.7 Å². The molecule has 3 nitrogen and oxygen atoms in total. The number of para-hydroxylation sites is 1. The molecule has 0 fully saturated rings. The van der Waals surface area contributed by atoms with Gasteiger partial charge < -0.3 is 0 Å². The number of rotatable bonds is 3. The summed E-state index contributed by atoms with van der Waals surface area (Å²) in [6, 6.07) is 11.7. The Bertz CT molecular complexity index is 322. The molecule has 1 aromatic carbocycles. The minimum Gasteiger partial charge on any atom is -0.279 e. The van der Waals surface area contributed by atoms with Gasteiger partial charge in [0, 0.05) is 5.71 Å². The molecular formula is C10H11N3. The third kappa shape index (κ3) is 3.39. The molecule has 0 spiro atoms. The number of nitrogens with zero attached hydrogens (tertiary/aromatic N) is 2. The number of hydrazone groups is 1. The highest BCUT2D eigenvalue weighted by atomic mass is 15.3. The van der Waals surface area contributed by atoms with E-state index < -0.39 is 0 Å². The summed E-state index contributed by atoms with van der Waals surface area (Å²) in [5.74, 6) is 0. The van der Waals surface area contributed by atoms with Gasteiger partial charge in [-0.2, -0.15) is 10.4 Å². The second-order valence-electron chi connectivity index (χ2n) is 2.66. The molecule has 0 saturated heterocycles. The van der Waals surface area contributed by atoms with E-state index >= 15 is 0 Å². The third-order valence-corrected chi connectivity index (χ3v) is 1.48. The van der Waals surface area contributed by atoms with Crippen molar-refractivity contribution in [2.45, 2.75) is 13.3 Å². The van der Waals surface area contributed by atoms with Crippen molar-refractivity contribution in [3.63, 3.8) is 0 Å². The van der Waals surface area contributed by atoms with Gasteiger partial charge in [0.25, 0.3) is 0 Å². The molecule has 0 atom stereocenters. The van der Waals surface area contributed by atoms with Gasteiger partial charge in [0.2, 0.25) is 0 Å². The van der Waals surface area contributed by atoms with Crippen LogP contribution in [0.5, 0.6) is 0 Å². The summed E-state index contributed by atoms with van der Waals surface area (Å²) in [5.41, 5.74) is 4.58. The zero-order valence-electron chi connectivity index (χ0n) is 7.49. The third-order valence-electron chi connectivity index (χ3n) is 1.48. The maximum Gasteiger partial charge on any atom is 0.0750 e. The summed E-state index contributed by atoms with van der Waals surface area (Å²) in [5, 5.41) is 12.4. The monoisotopic (exact) mass is 173 g/mol. The first-order chi connectivity index (χ1) is 6.33. The summed E-state index contributed by atoms with van der Waals surface area (Å²) >= 11 is 0. The van der Waals surface area contributed by atoms with Gasteiger partial charge in [-0.1, -0.05) is 18.2 Å². The number of anilines is 1. The average molecular weight is 173 g/mol. The lowest BCUT2D eigenvalue weighted by Gasteiger charge is -1.99. The van der Waals surface area contributed by atoms with E-state index in [9.17, 15) is 0 Å². The van der Waals surface area contributed by atoms with Crippen LogP contribution in [0.4, 0.5) is 5.69 Å². The van der Waals surface area contributed by atoms with Crippen molar-refractivity contribution >= 4 is 11.4 Å². The van der Waals surface area contributed by atoms with Crippen LogP contribution in [0.2, 0.25) is 0 Å². The normalized spacial score (nSPS) is 10.6. The van der Waals surface area contributed by atoms with Crippen molar-refractivity contribution in [3.05, 3.63) is 30.3 Å². The van der Waals surface area contributed by atoms with E-state index in [0.29, 0.717) is 6.42 Å². The first kappa shape index (κ1) is 9.27. The molecule has 1 N–H and O–H groups in total. The zero-order chi connectivity index (χ0) is 9.52. The molecule has 66 valence electrons. The minimum atomic E-state index is 0.361. The van der Waals surface area contributed by atoms with Crippen LogP contribution in [0.1, 0.15) is 13.3 Å². The maximum atomic E-state index is 8.38. The molecule has 0 aliphatic carbocycles. The highest BCUT2D eigenvalue weighted by Gasteiger charge is 1.89. The second kappa shape index (κ2) is 4.94. The van der Waals surface area contributed by atoms with E-state index in [4.69, 9.17) is 5.26 Å². The summed E-state index contributed by atoms with van der Waals surface area (Å²) in [6.45, 7) is 1.82. The Morgan fingerprint density at radius 1 is 1.46 bits per heavy atom. The van der Waals surface area contributed by atoms with Gasteiger partial charge >= 0.3 is 0 Å². The van der Waals surface area contributed by atoms with Crippen LogP contribution in [-0.4, -0.2) is 5.71 Å². The smallest absolute Gasteiger partial charge is 0.0750 e. The van der Waals surface area contributed by atoms with Crippen molar-refractivity contribution in [1.82, 2.24) is 0 Å². The highest BCUT2D eigenvalue weighted by molar-refractivity contribution is 5.84. The summed E-state index contributed by atoms with van der Waals surface area (Å²) in [7, 11) is 0. The number of nitriles is 1. The second-order valence-corrected chi connectivity index (χ2v) is 2.66. The number of hydrogen-bond acceptors (Lipinski definition) is 3. The minimum absolute atomic E-state index is 0.361. The van der Waals surface area contributed by atoms with Gasteiger partial charge in [-0.05, 0) is 19.1 Å². The average Bonchev–Trinajstić information content (AvgIpc) is 2.17. The number of benzene rings is 1. The largest absolute Gasteiger partial charge is 0.279 e. The van der Waals surface area contributed by atoms with E-state index in [-0.39, 0.29) is 0 Å². The molecule has 0 aromatic heterocycles. The molecule has 13 heavy (non-hydrogen) atoms. The molecule has 0 unspecified atom stereocenters. The van der Waals surface area contributed by atoms with Gasteiger partial charge in [0.15, 0.2) is 0 Å². The van der Waals surface area contributed by atoms with Gasteiger partial charge in [0.05, 0.1) is 18.2 Å². The van der Waals surface area contributed by atoms with Crippen LogP contribution < -0.4 is 5.43 Å². The Balaban J connectivity index is 2.53. The molecule has 0 bridgehead atoms. The van der Waals surface area contributed by atoms with Crippen molar-refractivity contribution in [2.75, 3.05) is 5.43 Å². The first-order valence-corrected chi connectivity index (χ1v) is 4.04. The lowest BCUT2D eigenvalue weighted by Crippen LogP contribution is -1.95. The Morgan fingerprint density at radius 2 is 2.15 bits per heavy atom. The van der Waals surface area contributed by atoms with Crippen LogP contribution >= 0.6 is 0 Å². The van der Waals surface area contributed by atoms with Crippen molar-refractivity contribution in [1.29, 1.82) is 5.26 Å². The van der Waals surface area contributed by atoms with Crippen molar-refractivity contribution < 1.29 is 0 Å². The fourth-order valence-corrected chi connectivity index (χ4v) is 0.827. The molecular weight excluding hydrogens is 162 g/mol. The van der Waals surface area contributed by atoms with Gasteiger partial charge in [0.1, 0.15) is 0 Å². The molecule has 0 amide bonds. The SMILES string of the molecule is C/C(CC#N)=N/Nc1ccccc1. The Kier molecular flexibility index (Phi) is 3.52. The van der Waals surface area contributed by atoms with Gasteiger partial charge in [-0.3, -0.25) is 5.43 Å². The van der Waals surface area contributed by atoms with E-state index in [1.54, 1.807) is 0 Å². The fourth-order valence-electron chi connectivity index (χ4n) is 0.827. The lowest BCUT2D eigenvalue weighted by atomic mass is 10.3. The summed E-state index contributed by atoms with van der Waals surface area (Å²) < 4.78 is 0. The molecule has 0 aliphatic heterocycles. The predicted molar refractivity (Wildman–Crippen MR) is 53.4 cm³/mol.